The Morgan fingerprint density at radius 3 is 2.75 bits per heavy atom. The molecule has 0 amide bonds. The van der Waals surface area contributed by atoms with Crippen LogP contribution >= 0.6 is 0 Å². The molecule has 0 bridgehead atoms. The molecule has 6 nitrogen and oxygen atoms in total. The van der Waals surface area contributed by atoms with Gasteiger partial charge in [-0.15, -0.1) is 0 Å². The molecule has 84 valence electrons. The van der Waals surface area contributed by atoms with E-state index >= 15 is 0 Å². The summed E-state index contributed by atoms with van der Waals surface area (Å²) < 4.78 is 9.45. The maximum Gasteiger partial charge on any atom is 0.419 e. The van der Waals surface area contributed by atoms with Crippen LogP contribution in [0, 0.1) is 6.92 Å². The Morgan fingerprint density at radius 1 is 1.44 bits per heavy atom. The van der Waals surface area contributed by atoms with Gasteiger partial charge in [0.2, 0.25) is 0 Å². The van der Waals surface area contributed by atoms with Crippen LogP contribution in [-0.2, 0) is 0 Å². The van der Waals surface area contributed by atoms with Crippen LogP contribution in [-0.4, -0.2) is 12.1 Å². The number of hydrogen-bond acceptors (Lipinski definition) is 5. The van der Waals surface area contributed by atoms with Gasteiger partial charge in [-0.3, -0.25) is 4.98 Å². The molecule has 0 fully saturated rings. The molecule has 3 N–H and O–H groups in total. The standard InChI is InChI=1S/C10H10N2O4/c1-4-3-5(15-2)7(11)6-8(4)12-10(14)16-9(6)13/h3H,11H2,1-2H3,(H,12,14). The van der Waals surface area contributed by atoms with E-state index in [9.17, 15) is 9.59 Å². The molecule has 0 saturated heterocycles. The molecular formula is C10H10N2O4. The molecule has 0 radical (unpaired) electrons. The lowest BCUT2D eigenvalue weighted by molar-refractivity contribution is 0.416. The maximum absolute atomic E-state index is 11.5. The van der Waals surface area contributed by atoms with Crippen LogP contribution in [0.2, 0.25) is 0 Å². The lowest BCUT2D eigenvalue weighted by Crippen LogP contribution is -2.16. The van der Waals surface area contributed by atoms with E-state index in [0.29, 0.717) is 16.8 Å². The number of fused-ring (bicyclic) bond motifs is 1. The van der Waals surface area contributed by atoms with Crippen molar-refractivity contribution in [2.24, 2.45) is 0 Å². The average molecular weight is 222 g/mol. The van der Waals surface area contributed by atoms with Gasteiger partial charge in [-0.2, -0.15) is 0 Å². The van der Waals surface area contributed by atoms with Crippen molar-refractivity contribution in [3.8, 4) is 5.75 Å². The summed E-state index contributed by atoms with van der Waals surface area (Å²) in [6.45, 7) is 1.74. The number of anilines is 1. The van der Waals surface area contributed by atoms with E-state index in [1.54, 1.807) is 13.0 Å². The summed E-state index contributed by atoms with van der Waals surface area (Å²) in [6, 6.07) is 1.65. The predicted octanol–water partition coefficient (Wildman–Crippen LogP) is 0.381. The van der Waals surface area contributed by atoms with Gasteiger partial charge in [0.15, 0.2) is 0 Å². The molecular weight excluding hydrogens is 212 g/mol. The predicted molar refractivity (Wildman–Crippen MR) is 58.8 cm³/mol. The molecule has 6 heteroatoms. The molecule has 16 heavy (non-hydrogen) atoms. The first-order valence-electron chi connectivity index (χ1n) is 4.54. The largest absolute Gasteiger partial charge is 0.495 e. The highest BCUT2D eigenvalue weighted by atomic mass is 16.5. The van der Waals surface area contributed by atoms with E-state index in [1.807, 2.05) is 0 Å². The number of hydrogen-bond donors (Lipinski definition) is 2. The highest BCUT2D eigenvalue weighted by molar-refractivity contribution is 5.94. The quantitative estimate of drug-likeness (QED) is 0.679. The minimum Gasteiger partial charge on any atom is -0.495 e. The molecule has 0 saturated carbocycles. The number of nitrogen functional groups attached to an aromatic ring is 1. The Balaban J connectivity index is 3.08. The third-order valence-electron chi connectivity index (χ3n) is 2.36. The zero-order valence-corrected chi connectivity index (χ0v) is 8.79. The van der Waals surface area contributed by atoms with Crippen molar-refractivity contribution < 1.29 is 9.15 Å². The Morgan fingerprint density at radius 2 is 2.12 bits per heavy atom. The van der Waals surface area contributed by atoms with Gasteiger partial charge in [-0.25, -0.2) is 9.59 Å². The summed E-state index contributed by atoms with van der Waals surface area (Å²) in [4.78, 5) is 25.0. The summed E-state index contributed by atoms with van der Waals surface area (Å²) in [5.74, 6) is -0.422. The normalized spacial score (nSPS) is 10.6. The van der Waals surface area contributed by atoms with Crippen molar-refractivity contribution in [3.05, 3.63) is 32.6 Å². The molecule has 1 aromatic heterocycles. The summed E-state index contributed by atoms with van der Waals surface area (Å²) in [5.41, 5.74) is 6.20. The number of ether oxygens (including phenoxy) is 1. The minimum absolute atomic E-state index is 0.136. The van der Waals surface area contributed by atoms with Gasteiger partial charge in [-0.05, 0) is 18.6 Å². The minimum atomic E-state index is -0.801. The fourth-order valence-electron chi connectivity index (χ4n) is 1.61. The summed E-state index contributed by atoms with van der Waals surface area (Å²) >= 11 is 0. The molecule has 0 aliphatic rings. The van der Waals surface area contributed by atoms with Crippen molar-refractivity contribution in [2.45, 2.75) is 6.92 Å². The Bertz CT molecular complexity index is 669. The summed E-state index contributed by atoms with van der Waals surface area (Å²) in [7, 11) is 1.45. The number of aromatic amines is 1. The van der Waals surface area contributed by atoms with Crippen molar-refractivity contribution in [1.29, 1.82) is 0 Å². The second-order valence-electron chi connectivity index (χ2n) is 3.36. The van der Waals surface area contributed by atoms with Crippen molar-refractivity contribution in [1.82, 2.24) is 4.98 Å². The van der Waals surface area contributed by atoms with Gasteiger partial charge < -0.3 is 14.9 Å². The van der Waals surface area contributed by atoms with Gasteiger partial charge in [0.05, 0.1) is 18.3 Å². The zero-order valence-electron chi connectivity index (χ0n) is 8.79. The molecule has 0 aliphatic carbocycles. The third kappa shape index (κ3) is 1.35. The van der Waals surface area contributed by atoms with Gasteiger partial charge in [-0.1, -0.05) is 0 Å². The van der Waals surface area contributed by atoms with E-state index in [0.717, 1.165) is 0 Å². The molecule has 1 heterocycles. The van der Waals surface area contributed by atoms with E-state index in [1.165, 1.54) is 7.11 Å². The Hall–Kier alpha value is -2.24. The monoisotopic (exact) mass is 222 g/mol. The van der Waals surface area contributed by atoms with Crippen LogP contribution in [0.25, 0.3) is 10.9 Å². The summed E-state index contributed by atoms with van der Waals surface area (Å²) in [6.07, 6.45) is 0. The number of nitrogens with two attached hydrogens (primary N) is 1. The van der Waals surface area contributed by atoms with Crippen molar-refractivity contribution in [2.75, 3.05) is 12.8 Å². The van der Waals surface area contributed by atoms with Crippen LogP contribution in [0.5, 0.6) is 5.75 Å². The number of benzene rings is 1. The zero-order chi connectivity index (χ0) is 11.9. The molecule has 1 aromatic carbocycles. The number of H-pyrrole nitrogens is 1. The van der Waals surface area contributed by atoms with E-state index in [-0.39, 0.29) is 11.1 Å². The number of nitrogens with one attached hydrogen (secondary N) is 1. The first-order chi connectivity index (χ1) is 7.54. The first kappa shape index (κ1) is 10.3. The van der Waals surface area contributed by atoms with Gasteiger partial charge in [0, 0.05) is 0 Å². The lowest BCUT2D eigenvalue weighted by atomic mass is 10.1. The van der Waals surface area contributed by atoms with E-state index in [2.05, 4.69) is 9.40 Å². The van der Waals surface area contributed by atoms with E-state index in [4.69, 9.17) is 10.5 Å². The Labute approximate surface area is 89.6 Å². The number of methoxy groups -OCH3 is 1. The highest BCUT2D eigenvalue weighted by Gasteiger charge is 2.13. The first-order valence-corrected chi connectivity index (χ1v) is 4.54. The van der Waals surface area contributed by atoms with Gasteiger partial charge >= 0.3 is 11.4 Å². The number of rotatable bonds is 1. The second-order valence-corrected chi connectivity index (χ2v) is 3.36. The SMILES string of the molecule is COc1cc(C)c2[nH]c(=O)oc(=O)c2c1N. The van der Waals surface area contributed by atoms with Gasteiger partial charge in [0.1, 0.15) is 11.1 Å². The smallest absolute Gasteiger partial charge is 0.419 e. The van der Waals surface area contributed by atoms with Gasteiger partial charge in [0.25, 0.3) is 0 Å². The highest BCUT2D eigenvalue weighted by Crippen LogP contribution is 2.29. The molecule has 0 atom stereocenters. The lowest BCUT2D eigenvalue weighted by Gasteiger charge is -2.08. The third-order valence-corrected chi connectivity index (χ3v) is 2.36. The molecule has 2 aromatic rings. The van der Waals surface area contributed by atoms with Crippen LogP contribution in [0.1, 0.15) is 5.56 Å². The summed E-state index contributed by atoms with van der Waals surface area (Å²) in [5, 5.41) is 0.136. The average Bonchev–Trinajstić information content (AvgIpc) is 2.22. The molecule has 0 unspecified atom stereocenters. The van der Waals surface area contributed by atoms with Crippen LogP contribution in [0.4, 0.5) is 5.69 Å². The number of aromatic nitrogens is 1. The fourth-order valence-corrected chi connectivity index (χ4v) is 1.61. The van der Waals surface area contributed by atoms with Crippen LogP contribution < -0.4 is 21.9 Å². The second kappa shape index (κ2) is 3.41. The number of aryl methyl sites for hydroxylation is 1. The van der Waals surface area contributed by atoms with Crippen LogP contribution in [0.3, 0.4) is 0 Å². The van der Waals surface area contributed by atoms with Crippen LogP contribution in [0.15, 0.2) is 20.1 Å². The molecule has 2 rings (SSSR count). The van der Waals surface area contributed by atoms with Crippen molar-refractivity contribution in [3.63, 3.8) is 0 Å². The fraction of sp³-hybridized carbons (Fsp3) is 0.200. The molecule has 0 spiro atoms. The topological polar surface area (TPSA) is 98.3 Å². The Kier molecular flexibility index (Phi) is 2.19. The van der Waals surface area contributed by atoms with Crippen molar-refractivity contribution >= 4 is 16.6 Å². The van der Waals surface area contributed by atoms with E-state index < -0.39 is 11.4 Å². The maximum atomic E-state index is 11.5. The molecule has 0 aliphatic heterocycles.